The van der Waals surface area contributed by atoms with Crippen LogP contribution < -0.4 is 4.72 Å². The lowest BCUT2D eigenvalue weighted by Gasteiger charge is -2.33. The quantitative estimate of drug-likeness (QED) is 0.898. The molecule has 1 aliphatic heterocycles. The Morgan fingerprint density at radius 3 is 2.83 bits per heavy atom. The van der Waals surface area contributed by atoms with Gasteiger partial charge in [0.15, 0.2) is 0 Å². The van der Waals surface area contributed by atoms with Gasteiger partial charge in [-0.05, 0) is 36.2 Å². The van der Waals surface area contributed by atoms with Crippen LogP contribution in [-0.2, 0) is 16.6 Å². The van der Waals surface area contributed by atoms with E-state index in [9.17, 15) is 13.5 Å². The number of fused-ring (bicyclic) bond motifs is 1. The van der Waals surface area contributed by atoms with Gasteiger partial charge in [-0.2, -0.15) is 0 Å². The van der Waals surface area contributed by atoms with Gasteiger partial charge in [0.25, 0.3) is 0 Å². The fourth-order valence-electron chi connectivity index (χ4n) is 3.31. The van der Waals surface area contributed by atoms with Crippen LogP contribution in [-0.4, -0.2) is 43.8 Å². The van der Waals surface area contributed by atoms with Crippen molar-refractivity contribution in [3.63, 3.8) is 0 Å². The van der Waals surface area contributed by atoms with E-state index in [4.69, 9.17) is 0 Å². The summed E-state index contributed by atoms with van der Waals surface area (Å²) in [7, 11) is -3.19. The van der Waals surface area contributed by atoms with Crippen LogP contribution in [0.25, 0.3) is 10.8 Å². The number of benzene rings is 2. The number of likely N-dealkylation sites (tertiary alicyclic amines) is 1. The number of rotatable bonds is 4. The molecule has 0 bridgehead atoms. The zero-order valence-electron chi connectivity index (χ0n) is 13.2. The maximum Gasteiger partial charge on any atom is 0.208 e. The first-order chi connectivity index (χ1) is 10.9. The highest BCUT2D eigenvalue weighted by atomic mass is 32.2. The lowest BCUT2D eigenvalue weighted by Crippen LogP contribution is -2.47. The Morgan fingerprint density at radius 2 is 2.04 bits per heavy atom. The van der Waals surface area contributed by atoms with Crippen molar-refractivity contribution in [2.45, 2.75) is 25.4 Å². The number of phenols is 1. The Bertz CT molecular complexity index is 805. The van der Waals surface area contributed by atoms with E-state index in [2.05, 4.69) is 9.62 Å². The van der Waals surface area contributed by atoms with Crippen molar-refractivity contribution >= 4 is 20.8 Å². The Labute approximate surface area is 137 Å². The molecule has 2 N–H and O–H groups in total. The minimum atomic E-state index is -3.19. The third-order valence-electron chi connectivity index (χ3n) is 4.28. The zero-order chi connectivity index (χ0) is 16.4. The fraction of sp³-hybridized carbons (Fsp3) is 0.412. The van der Waals surface area contributed by atoms with Gasteiger partial charge in [-0.25, -0.2) is 13.1 Å². The number of nitrogens with zero attached hydrogens (tertiary/aromatic N) is 1. The van der Waals surface area contributed by atoms with E-state index >= 15 is 0 Å². The summed E-state index contributed by atoms with van der Waals surface area (Å²) in [6.45, 7) is 2.19. The molecular weight excluding hydrogens is 312 g/mol. The molecule has 1 aliphatic rings. The summed E-state index contributed by atoms with van der Waals surface area (Å²) in [6, 6.07) is 11.6. The van der Waals surface area contributed by atoms with Crippen molar-refractivity contribution in [3.8, 4) is 5.75 Å². The Hall–Kier alpha value is -1.63. The Balaban J connectivity index is 1.80. The molecule has 5 nitrogen and oxygen atoms in total. The SMILES string of the molecule is CS(=O)(=O)N[C@H]1CCCN(Cc2c(O)ccc3ccccc23)C1. The number of nitrogens with one attached hydrogen (secondary N) is 1. The lowest BCUT2D eigenvalue weighted by atomic mass is 10.0. The molecule has 0 aromatic heterocycles. The molecule has 3 rings (SSSR count). The Morgan fingerprint density at radius 1 is 1.26 bits per heavy atom. The van der Waals surface area contributed by atoms with Gasteiger partial charge in [0.2, 0.25) is 10.0 Å². The summed E-state index contributed by atoms with van der Waals surface area (Å²) in [5.41, 5.74) is 0.906. The zero-order valence-corrected chi connectivity index (χ0v) is 14.0. The van der Waals surface area contributed by atoms with Crippen molar-refractivity contribution in [3.05, 3.63) is 42.0 Å². The first-order valence-electron chi connectivity index (χ1n) is 7.81. The summed E-state index contributed by atoms with van der Waals surface area (Å²) in [6.07, 6.45) is 2.99. The van der Waals surface area contributed by atoms with Crippen molar-refractivity contribution in [2.75, 3.05) is 19.3 Å². The number of piperidine rings is 1. The highest BCUT2D eigenvalue weighted by Crippen LogP contribution is 2.29. The van der Waals surface area contributed by atoms with Gasteiger partial charge in [0, 0.05) is 24.7 Å². The smallest absolute Gasteiger partial charge is 0.208 e. The van der Waals surface area contributed by atoms with E-state index in [0.717, 1.165) is 35.7 Å². The molecule has 0 aliphatic carbocycles. The monoisotopic (exact) mass is 334 g/mol. The minimum Gasteiger partial charge on any atom is -0.508 e. The van der Waals surface area contributed by atoms with Crippen LogP contribution in [0.5, 0.6) is 5.75 Å². The summed E-state index contributed by atoms with van der Waals surface area (Å²) in [5.74, 6) is 0.293. The molecule has 0 amide bonds. The second-order valence-corrected chi connectivity index (χ2v) is 8.03. The van der Waals surface area contributed by atoms with Crippen molar-refractivity contribution in [1.82, 2.24) is 9.62 Å². The molecule has 0 unspecified atom stereocenters. The second-order valence-electron chi connectivity index (χ2n) is 6.25. The van der Waals surface area contributed by atoms with Gasteiger partial charge in [-0.1, -0.05) is 30.3 Å². The van der Waals surface area contributed by atoms with Crippen molar-refractivity contribution in [2.24, 2.45) is 0 Å². The van der Waals surface area contributed by atoms with Crippen molar-refractivity contribution in [1.29, 1.82) is 0 Å². The molecule has 1 atom stereocenters. The van der Waals surface area contributed by atoms with E-state index < -0.39 is 10.0 Å². The van der Waals surface area contributed by atoms with E-state index in [1.165, 1.54) is 6.26 Å². The van der Waals surface area contributed by atoms with E-state index in [1.807, 2.05) is 30.3 Å². The first-order valence-corrected chi connectivity index (χ1v) is 9.71. The molecule has 1 fully saturated rings. The van der Waals surface area contributed by atoms with Crippen LogP contribution in [0.4, 0.5) is 0 Å². The molecule has 0 saturated carbocycles. The highest BCUT2D eigenvalue weighted by molar-refractivity contribution is 7.88. The molecule has 0 spiro atoms. The van der Waals surface area contributed by atoms with Gasteiger partial charge in [0.1, 0.15) is 5.75 Å². The number of sulfonamides is 1. The van der Waals surface area contributed by atoms with Gasteiger partial charge in [-0.15, -0.1) is 0 Å². The Kier molecular flexibility index (Phi) is 4.57. The maximum absolute atomic E-state index is 11.4. The molecule has 2 aromatic rings. The van der Waals surface area contributed by atoms with Crippen LogP contribution in [0.2, 0.25) is 0 Å². The molecule has 1 saturated heterocycles. The molecule has 2 aromatic carbocycles. The van der Waals surface area contributed by atoms with Crippen LogP contribution in [0, 0.1) is 0 Å². The number of hydrogen-bond acceptors (Lipinski definition) is 4. The van der Waals surface area contributed by atoms with Crippen LogP contribution >= 0.6 is 0 Å². The average molecular weight is 334 g/mol. The van der Waals surface area contributed by atoms with E-state index in [1.54, 1.807) is 6.07 Å². The molecular formula is C17H22N2O3S. The molecule has 0 radical (unpaired) electrons. The number of aromatic hydroxyl groups is 1. The van der Waals surface area contributed by atoms with Crippen LogP contribution in [0.1, 0.15) is 18.4 Å². The van der Waals surface area contributed by atoms with Crippen LogP contribution in [0.15, 0.2) is 36.4 Å². The highest BCUT2D eigenvalue weighted by Gasteiger charge is 2.23. The van der Waals surface area contributed by atoms with Crippen molar-refractivity contribution < 1.29 is 13.5 Å². The predicted octanol–water partition coefficient (Wildman–Crippen LogP) is 2.06. The van der Waals surface area contributed by atoms with Crippen LogP contribution in [0.3, 0.4) is 0 Å². The first kappa shape index (κ1) is 16.2. The van der Waals surface area contributed by atoms with Gasteiger partial charge < -0.3 is 5.11 Å². The molecule has 124 valence electrons. The second kappa shape index (κ2) is 6.47. The van der Waals surface area contributed by atoms with E-state index in [0.29, 0.717) is 18.8 Å². The molecule has 1 heterocycles. The lowest BCUT2D eigenvalue weighted by molar-refractivity contribution is 0.193. The minimum absolute atomic E-state index is 0.0594. The summed E-state index contributed by atoms with van der Waals surface area (Å²) >= 11 is 0. The molecule has 23 heavy (non-hydrogen) atoms. The van der Waals surface area contributed by atoms with Gasteiger partial charge in [-0.3, -0.25) is 4.90 Å². The third kappa shape index (κ3) is 4.02. The van der Waals surface area contributed by atoms with Gasteiger partial charge >= 0.3 is 0 Å². The number of phenolic OH excluding ortho intramolecular Hbond substituents is 1. The summed E-state index contributed by atoms with van der Waals surface area (Å²) in [5, 5.41) is 12.4. The predicted molar refractivity (Wildman–Crippen MR) is 91.9 cm³/mol. The summed E-state index contributed by atoms with van der Waals surface area (Å²) < 4.78 is 25.5. The standard InChI is InChI=1S/C17H22N2O3S/c1-23(21,22)18-14-6-4-10-19(11-14)12-16-15-7-3-2-5-13(15)8-9-17(16)20/h2-3,5,7-9,14,18,20H,4,6,10-12H2,1H3/t14-/m0/s1. The summed E-state index contributed by atoms with van der Waals surface area (Å²) in [4.78, 5) is 2.20. The topological polar surface area (TPSA) is 69.6 Å². The third-order valence-corrected chi connectivity index (χ3v) is 5.05. The average Bonchev–Trinajstić information content (AvgIpc) is 2.49. The fourth-order valence-corrected chi connectivity index (χ4v) is 4.11. The largest absolute Gasteiger partial charge is 0.508 e. The van der Waals surface area contributed by atoms with E-state index in [-0.39, 0.29) is 6.04 Å². The molecule has 6 heteroatoms. The van der Waals surface area contributed by atoms with Gasteiger partial charge in [0.05, 0.1) is 6.26 Å². The normalized spacial score (nSPS) is 20.0. The number of hydrogen-bond donors (Lipinski definition) is 2. The maximum atomic E-state index is 11.4.